The van der Waals surface area contributed by atoms with Gasteiger partial charge in [0.2, 0.25) is 0 Å². The molecule has 1 heterocycles. The zero-order valence-corrected chi connectivity index (χ0v) is 12.9. The van der Waals surface area contributed by atoms with Gasteiger partial charge in [0, 0.05) is 23.9 Å². The minimum Gasteiger partial charge on any atom is -0.496 e. The van der Waals surface area contributed by atoms with Crippen LogP contribution < -0.4 is 10.1 Å². The number of aliphatic carboxylic acids is 1. The summed E-state index contributed by atoms with van der Waals surface area (Å²) >= 11 is 0. The van der Waals surface area contributed by atoms with Gasteiger partial charge in [-0.3, -0.25) is 15.1 Å². The molecule has 2 N–H and O–H groups in total. The first kappa shape index (κ1) is 16.4. The van der Waals surface area contributed by atoms with Crippen molar-refractivity contribution in [3.63, 3.8) is 0 Å². The molecule has 112 valence electrons. The summed E-state index contributed by atoms with van der Waals surface area (Å²) < 4.78 is 5.35. The number of methoxy groups -OCH3 is 1. The predicted octanol–water partition coefficient (Wildman–Crippen LogP) is 2.30. The van der Waals surface area contributed by atoms with Gasteiger partial charge in [-0.15, -0.1) is 0 Å². The minimum absolute atomic E-state index is 0.324. The second kappa shape index (κ2) is 7.24. The zero-order chi connectivity index (χ0) is 15.3. The van der Waals surface area contributed by atoms with Gasteiger partial charge in [0.05, 0.1) is 12.8 Å². The van der Waals surface area contributed by atoms with Crippen LogP contribution in [0.15, 0.2) is 6.20 Å². The van der Waals surface area contributed by atoms with E-state index in [1.807, 2.05) is 27.7 Å². The van der Waals surface area contributed by atoms with Gasteiger partial charge >= 0.3 is 5.97 Å². The van der Waals surface area contributed by atoms with Gasteiger partial charge in [0.15, 0.2) is 0 Å². The Labute approximate surface area is 120 Å². The molecule has 0 spiro atoms. The second-order valence-electron chi connectivity index (χ2n) is 5.45. The molecule has 0 aromatic carbocycles. The molecule has 0 amide bonds. The molecule has 1 aromatic heterocycles. The predicted molar refractivity (Wildman–Crippen MR) is 78.0 cm³/mol. The number of carbonyl (C=O) groups is 1. The molecule has 5 nitrogen and oxygen atoms in total. The average Bonchev–Trinajstić information content (AvgIpc) is 2.36. The van der Waals surface area contributed by atoms with Crippen molar-refractivity contribution in [1.82, 2.24) is 10.3 Å². The molecule has 0 aliphatic rings. The Balaban J connectivity index is 2.80. The van der Waals surface area contributed by atoms with Gasteiger partial charge < -0.3 is 9.84 Å². The third-order valence-electron chi connectivity index (χ3n) is 3.27. The van der Waals surface area contributed by atoms with E-state index in [1.54, 1.807) is 13.3 Å². The van der Waals surface area contributed by atoms with E-state index in [0.29, 0.717) is 18.9 Å². The highest BCUT2D eigenvalue weighted by molar-refractivity contribution is 5.73. The quantitative estimate of drug-likeness (QED) is 0.802. The standard InChI is InChI=1S/C15H24N2O3/c1-9(2)6-12(15(18)19)17-8-13-11(4)14(20-5)10(3)7-16-13/h7,9,12,17H,6,8H2,1-5H3,(H,18,19)/t12-/m1/s1. The van der Waals surface area contributed by atoms with E-state index < -0.39 is 12.0 Å². The summed E-state index contributed by atoms with van der Waals surface area (Å²) in [7, 11) is 1.63. The van der Waals surface area contributed by atoms with Crippen molar-refractivity contribution in [2.24, 2.45) is 5.92 Å². The average molecular weight is 280 g/mol. The van der Waals surface area contributed by atoms with Crippen LogP contribution >= 0.6 is 0 Å². The summed E-state index contributed by atoms with van der Waals surface area (Å²) in [5.41, 5.74) is 2.75. The fraction of sp³-hybridized carbons (Fsp3) is 0.600. The smallest absolute Gasteiger partial charge is 0.320 e. The van der Waals surface area contributed by atoms with Crippen molar-refractivity contribution in [2.45, 2.75) is 46.7 Å². The summed E-state index contributed by atoms with van der Waals surface area (Å²) in [5, 5.41) is 12.3. The number of aryl methyl sites for hydroxylation is 1. The van der Waals surface area contributed by atoms with E-state index >= 15 is 0 Å². The number of ether oxygens (including phenoxy) is 1. The first-order valence-corrected chi connectivity index (χ1v) is 6.82. The van der Waals surface area contributed by atoms with Crippen LogP contribution in [0.25, 0.3) is 0 Å². The first-order valence-electron chi connectivity index (χ1n) is 6.82. The van der Waals surface area contributed by atoms with Crippen molar-refractivity contribution in [3.8, 4) is 5.75 Å². The maximum Gasteiger partial charge on any atom is 0.320 e. The van der Waals surface area contributed by atoms with Crippen molar-refractivity contribution >= 4 is 5.97 Å². The van der Waals surface area contributed by atoms with Crippen LogP contribution in [0.1, 0.15) is 37.1 Å². The summed E-state index contributed by atoms with van der Waals surface area (Å²) in [6.07, 6.45) is 2.35. The molecule has 0 saturated heterocycles. The molecule has 0 bridgehead atoms. The number of carboxylic acid groups (broad SMARTS) is 1. The molecule has 20 heavy (non-hydrogen) atoms. The van der Waals surface area contributed by atoms with Gasteiger partial charge in [-0.05, 0) is 26.2 Å². The summed E-state index contributed by atoms with van der Waals surface area (Å²) in [6.45, 7) is 8.32. The topological polar surface area (TPSA) is 71.5 Å². The lowest BCUT2D eigenvalue weighted by Crippen LogP contribution is -2.37. The lowest BCUT2D eigenvalue weighted by molar-refractivity contribution is -0.140. The molecule has 1 atom stereocenters. The molecule has 0 radical (unpaired) electrons. The maximum atomic E-state index is 11.2. The van der Waals surface area contributed by atoms with E-state index in [0.717, 1.165) is 22.6 Å². The molecular formula is C15H24N2O3. The number of hydrogen-bond donors (Lipinski definition) is 2. The Hall–Kier alpha value is -1.62. The van der Waals surface area contributed by atoms with Gasteiger partial charge in [-0.1, -0.05) is 13.8 Å². The Kier molecular flexibility index (Phi) is 5.95. The van der Waals surface area contributed by atoms with E-state index in [-0.39, 0.29) is 0 Å². The van der Waals surface area contributed by atoms with E-state index in [2.05, 4.69) is 10.3 Å². The van der Waals surface area contributed by atoms with E-state index in [9.17, 15) is 9.90 Å². The van der Waals surface area contributed by atoms with Crippen LogP contribution in [0, 0.1) is 19.8 Å². The normalized spacial score (nSPS) is 12.5. The Morgan fingerprint density at radius 2 is 2.10 bits per heavy atom. The maximum absolute atomic E-state index is 11.2. The Morgan fingerprint density at radius 1 is 1.45 bits per heavy atom. The molecule has 0 aliphatic carbocycles. The van der Waals surface area contributed by atoms with Crippen molar-refractivity contribution in [3.05, 3.63) is 23.0 Å². The number of pyridine rings is 1. The second-order valence-corrected chi connectivity index (χ2v) is 5.45. The van der Waals surface area contributed by atoms with Crippen LogP contribution in [0.2, 0.25) is 0 Å². The number of aromatic nitrogens is 1. The SMILES string of the molecule is COc1c(C)cnc(CN[C@H](CC(C)C)C(=O)O)c1C. The highest BCUT2D eigenvalue weighted by Crippen LogP contribution is 2.23. The molecule has 1 rings (SSSR count). The third kappa shape index (κ3) is 4.20. The van der Waals surface area contributed by atoms with Crippen LogP contribution in [-0.2, 0) is 11.3 Å². The highest BCUT2D eigenvalue weighted by atomic mass is 16.5. The van der Waals surface area contributed by atoms with Crippen LogP contribution in [-0.4, -0.2) is 29.2 Å². The summed E-state index contributed by atoms with van der Waals surface area (Å²) in [6, 6.07) is -0.552. The highest BCUT2D eigenvalue weighted by Gasteiger charge is 2.19. The molecule has 0 fully saturated rings. The lowest BCUT2D eigenvalue weighted by atomic mass is 10.0. The largest absolute Gasteiger partial charge is 0.496 e. The first-order chi connectivity index (χ1) is 9.36. The van der Waals surface area contributed by atoms with Crippen LogP contribution in [0.4, 0.5) is 0 Å². The molecule has 5 heteroatoms. The molecular weight excluding hydrogens is 256 g/mol. The van der Waals surface area contributed by atoms with Gasteiger partial charge in [0.25, 0.3) is 0 Å². The number of rotatable bonds is 7. The van der Waals surface area contributed by atoms with Crippen molar-refractivity contribution < 1.29 is 14.6 Å². The minimum atomic E-state index is -0.824. The third-order valence-corrected chi connectivity index (χ3v) is 3.27. The van der Waals surface area contributed by atoms with E-state index in [1.165, 1.54) is 0 Å². The number of nitrogens with one attached hydrogen (secondary N) is 1. The molecule has 0 aliphatic heterocycles. The number of carboxylic acids is 1. The molecule has 0 saturated carbocycles. The van der Waals surface area contributed by atoms with Crippen molar-refractivity contribution in [1.29, 1.82) is 0 Å². The van der Waals surface area contributed by atoms with Gasteiger partial charge in [-0.2, -0.15) is 0 Å². The van der Waals surface area contributed by atoms with Crippen LogP contribution in [0.5, 0.6) is 5.75 Å². The molecule has 0 unspecified atom stereocenters. The number of hydrogen-bond acceptors (Lipinski definition) is 4. The van der Waals surface area contributed by atoms with Crippen molar-refractivity contribution in [2.75, 3.05) is 7.11 Å². The Bertz CT molecular complexity index is 472. The van der Waals surface area contributed by atoms with Crippen LogP contribution in [0.3, 0.4) is 0 Å². The summed E-state index contributed by atoms with van der Waals surface area (Å²) in [5.74, 6) is 0.313. The molecule has 1 aromatic rings. The summed E-state index contributed by atoms with van der Waals surface area (Å²) in [4.78, 5) is 15.6. The monoisotopic (exact) mass is 280 g/mol. The number of nitrogens with zero attached hydrogens (tertiary/aromatic N) is 1. The lowest BCUT2D eigenvalue weighted by Gasteiger charge is -2.18. The van der Waals surface area contributed by atoms with Gasteiger partial charge in [0.1, 0.15) is 11.8 Å². The van der Waals surface area contributed by atoms with E-state index in [4.69, 9.17) is 4.74 Å². The Morgan fingerprint density at radius 3 is 2.60 bits per heavy atom. The van der Waals surface area contributed by atoms with Gasteiger partial charge in [-0.25, -0.2) is 0 Å². The fourth-order valence-corrected chi connectivity index (χ4v) is 2.21. The fourth-order valence-electron chi connectivity index (χ4n) is 2.21. The zero-order valence-electron chi connectivity index (χ0n) is 12.9.